The molecule has 0 saturated heterocycles. The van der Waals surface area contributed by atoms with E-state index < -0.39 is 10.0 Å². The lowest BCUT2D eigenvalue weighted by Gasteiger charge is -2.19. The molecule has 0 aromatic heterocycles. The highest BCUT2D eigenvalue weighted by atomic mass is 32.2. The van der Waals surface area contributed by atoms with Gasteiger partial charge in [0.1, 0.15) is 5.82 Å². The van der Waals surface area contributed by atoms with Crippen LogP contribution in [0.15, 0.2) is 59.5 Å². The number of halogens is 1. The highest BCUT2D eigenvalue weighted by Crippen LogP contribution is 2.12. The Morgan fingerprint density at radius 3 is 2.44 bits per heavy atom. The van der Waals surface area contributed by atoms with Crippen LogP contribution in [-0.4, -0.2) is 32.3 Å². The quantitative estimate of drug-likeness (QED) is 0.704. The maximum absolute atomic E-state index is 13.3. The molecule has 0 atom stereocenters. The van der Waals surface area contributed by atoms with Crippen molar-refractivity contribution in [3.05, 3.63) is 71.6 Å². The number of benzene rings is 2. The summed E-state index contributed by atoms with van der Waals surface area (Å²) >= 11 is 0. The molecule has 2 aromatic rings. The van der Waals surface area contributed by atoms with Crippen LogP contribution < -0.4 is 4.72 Å². The second-order valence-corrected chi connectivity index (χ2v) is 7.65. The van der Waals surface area contributed by atoms with Crippen molar-refractivity contribution in [1.29, 1.82) is 0 Å². The summed E-state index contributed by atoms with van der Waals surface area (Å²) in [6.07, 6.45) is 3.05. The molecule has 0 radical (unpaired) electrons. The summed E-state index contributed by atoms with van der Waals surface area (Å²) in [4.78, 5) is 14.2. The van der Waals surface area contributed by atoms with Gasteiger partial charge in [0.2, 0.25) is 15.9 Å². The average molecular weight is 390 g/mol. The predicted molar refractivity (Wildman–Crippen MR) is 104 cm³/mol. The van der Waals surface area contributed by atoms with E-state index in [1.165, 1.54) is 30.3 Å². The molecule has 2 aromatic carbocycles. The van der Waals surface area contributed by atoms with Crippen LogP contribution in [0.2, 0.25) is 0 Å². The van der Waals surface area contributed by atoms with Gasteiger partial charge in [0.15, 0.2) is 0 Å². The summed E-state index contributed by atoms with van der Waals surface area (Å²) in [5.74, 6) is -0.537. The van der Waals surface area contributed by atoms with Gasteiger partial charge in [-0.25, -0.2) is 17.5 Å². The summed E-state index contributed by atoms with van der Waals surface area (Å²) < 4.78 is 39.6. The number of nitrogens with zero attached hydrogens (tertiary/aromatic N) is 1. The Balaban J connectivity index is 2.06. The number of nitrogens with one attached hydrogen (secondary N) is 1. The van der Waals surface area contributed by atoms with Crippen molar-refractivity contribution in [2.75, 3.05) is 13.1 Å². The maximum Gasteiger partial charge on any atom is 0.246 e. The molecule has 0 fully saturated rings. The van der Waals surface area contributed by atoms with Gasteiger partial charge >= 0.3 is 0 Å². The molecule has 1 N–H and O–H groups in total. The zero-order chi connectivity index (χ0) is 19.9. The Morgan fingerprint density at radius 1 is 1.15 bits per heavy atom. The molecule has 0 aliphatic rings. The molecule has 27 heavy (non-hydrogen) atoms. The molecule has 7 heteroatoms. The van der Waals surface area contributed by atoms with E-state index in [2.05, 4.69) is 4.72 Å². The molecule has 0 aliphatic heterocycles. The third kappa shape index (κ3) is 6.01. The zero-order valence-electron chi connectivity index (χ0n) is 15.4. The number of carbonyl (C=O) groups excluding carboxylic acids is 1. The van der Waals surface area contributed by atoms with Crippen molar-refractivity contribution in [3.63, 3.8) is 0 Å². The molecule has 0 aliphatic carbocycles. The average Bonchev–Trinajstić information content (AvgIpc) is 2.64. The molecule has 2 rings (SSSR count). The van der Waals surface area contributed by atoms with Crippen molar-refractivity contribution in [2.24, 2.45) is 0 Å². The Hall–Kier alpha value is -2.51. The second kappa shape index (κ2) is 9.43. The third-order valence-corrected chi connectivity index (χ3v) is 5.46. The van der Waals surface area contributed by atoms with Crippen LogP contribution in [0.3, 0.4) is 0 Å². The number of carbonyl (C=O) groups is 1. The first-order chi connectivity index (χ1) is 12.9. The largest absolute Gasteiger partial charge is 0.335 e. The van der Waals surface area contributed by atoms with E-state index in [-0.39, 0.29) is 16.6 Å². The number of hydrogen-bond donors (Lipinski definition) is 1. The smallest absolute Gasteiger partial charge is 0.246 e. The van der Waals surface area contributed by atoms with Crippen molar-refractivity contribution in [2.45, 2.75) is 25.3 Å². The Morgan fingerprint density at radius 2 is 1.85 bits per heavy atom. The maximum atomic E-state index is 13.3. The van der Waals surface area contributed by atoms with E-state index in [0.29, 0.717) is 25.2 Å². The number of amides is 1. The number of rotatable bonds is 8. The lowest BCUT2D eigenvalue weighted by molar-refractivity contribution is -0.126. The highest BCUT2D eigenvalue weighted by molar-refractivity contribution is 7.89. The Labute approximate surface area is 159 Å². The van der Waals surface area contributed by atoms with Gasteiger partial charge in [0.05, 0.1) is 4.90 Å². The molecule has 0 spiro atoms. The minimum Gasteiger partial charge on any atom is -0.335 e. The third-order valence-electron chi connectivity index (χ3n) is 3.90. The summed E-state index contributed by atoms with van der Waals surface area (Å²) in [5.41, 5.74) is 1.43. The van der Waals surface area contributed by atoms with Crippen LogP contribution in [0.4, 0.5) is 4.39 Å². The summed E-state index contributed by atoms with van der Waals surface area (Å²) in [5, 5.41) is 0. The fraction of sp³-hybridized carbons (Fsp3) is 0.250. The summed E-state index contributed by atoms with van der Waals surface area (Å²) in [6.45, 7) is 4.68. The summed E-state index contributed by atoms with van der Waals surface area (Å²) in [6, 6.07) is 12.4. The van der Waals surface area contributed by atoms with Gasteiger partial charge in [0, 0.05) is 25.7 Å². The normalized spacial score (nSPS) is 11.7. The second-order valence-electron chi connectivity index (χ2n) is 5.89. The first kappa shape index (κ1) is 20.8. The monoisotopic (exact) mass is 390 g/mol. The van der Waals surface area contributed by atoms with Crippen LogP contribution >= 0.6 is 0 Å². The van der Waals surface area contributed by atoms with E-state index in [1.54, 1.807) is 42.2 Å². The van der Waals surface area contributed by atoms with Gasteiger partial charge in [-0.1, -0.05) is 31.2 Å². The van der Waals surface area contributed by atoms with Crippen LogP contribution in [0.5, 0.6) is 0 Å². The summed E-state index contributed by atoms with van der Waals surface area (Å²) in [7, 11) is -3.49. The minimum atomic E-state index is -3.49. The molecule has 0 unspecified atom stereocenters. The van der Waals surface area contributed by atoms with E-state index in [9.17, 15) is 17.6 Å². The van der Waals surface area contributed by atoms with Crippen LogP contribution in [0, 0.1) is 5.82 Å². The number of sulfonamides is 1. The van der Waals surface area contributed by atoms with Crippen molar-refractivity contribution in [3.8, 4) is 0 Å². The lowest BCUT2D eigenvalue weighted by atomic mass is 10.2. The van der Waals surface area contributed by atoms with E-state index >= 15 is 0 Å². The van der Waals surface area contributed by atoms with Crippen LogP contribution in [-0.2, 0) is 21.4 Å². The van der Waals surface area contributed by atoms with E-state index in [4.69, 9.17) is 0 Å². The van der Waals surface area contributed by atoms with Crippen LogP contribution in [0.25, 0.3) is 6.08 Å². The van der Waals surface area contributed by atoms with Crippen molar-refractivity contribution >= 4 is 22.0 Å². The topological polar surface area (TPSA) is 66.5 Å². The van der Waals surface area contributed by atoms with Gasteiger partial charge in [-0.2, -0.15) is 0 Å². The van der Waals surface area contributed by atoms with Crippen LogP contribution in [0.1, 0.15) is 25.0 Å². The standard InChI is InChI=1S/C20H23FN2O3S/c1-3-22-27(25,26)19-11-8-16(9-12-19)10-13-20(24)23(4-2)15-17-6-5-7-18(21)14-17/h5-14,22H,3-4,15H2,1-2H3/b13-10+. The molecule has 144 valence electrons. The first-order valence-corrected chi connectivity index (χ1v) is 10.1. The molecule has 0 heterocycles. The fourth-order valence-corrected chi connectivity index (χ4v) is 3.55. The Kier molecular flexibility index (Phi) is 7.27. The van der Waals surface area contributed by atoms with Gasteiger partial charge in [0.25, 0.3) is 0 Å². The van der Waals surface area contributed by atoms with Gasteiger partial charge < -0.3 is 4.90 Å². The zero-order valence-corrected chi connectivity index (χ0v) is 16.2. The fourth-order valence-electron chi connectivity index (χ4n) is 2.51. The molecule has 0 saturated carbocycles. The van der Waals surface area contributed by atoms with Crippen molar-refractivity contribution in [1.82, 2.24) is 9.62 Å². The first-order valence-electron chi connectivity index (χ1n) is 8.67. The number of hydrogen-bond acceptors (Lipinski definition) is 3. The molecular formula is C20H23FN2O3S. The van der Waals surface area contributed by atoms with Gasteiger partial charge in [-0.15, -0.1) is 0 Å². The molecular weight excluding hydrogens is 367 g/mol. The van der Waals surface area contributed by atoms with Gasteiger partial charge in [-0.05, 0) is 48.4 Å². The predicted octanol–water partition coefficient (Wildman–Crippen LogP) is 3.19. The molecule has 0 bridgehead atoms. The highest BCUT2D eigenvalue weighted by Gasteiger charge is 2.12. The lowest BCUT2D eigenvalue weighted by Crippen LogP contribution is -2.28. The van der Waals surface area contributed by atoms with E-state index in [1.807, 2.05) is 6.92 Å². The number of likely N-dealkylation sites (N-methyl/N-ethyl adjacent to an activating group) is 1. The molecule has 1 amide bonds. The van der Waals surface area contributed by atoms with E-state index in [0.717, 1.165) is 5.56 Å². The van der Waals surface area contributed by atoms with Gasteiger partial charge in [-0.3, -0.25) is 4.79 Å². The Bertz CT molecular complexity index is 909. The SMILES string of the molecule is CCNS(=O)(=O)c1ccc(/C=C/C(=O)N(CC)Cc2cccc(F)c2)cc1. The minimum absolute atomic E-state index is 0.175. The van der Waals surface area contributed by atoms with Crippen molar-refractivity contribution < 1.29 is 17.6 Å². The molecule has 5 nitrogen and oxygen atoms in total.